The van der Waals surface area contributed by atoms with E-state index in [4.69, 9.17) is 14.5 Å². The van der Waals surface area contributed by atoms with Gasteiger partial charge in [0.1, 0.15) is 0 Å². The van der Waals surface area contributed by atoms with Crippen LogP contribution in [0.15, 0.2) is 48.9 Å². The third kappa shape index (κ3) is 3.38. The van der Waals surface area contributed by atoms with E-state index >= 15 is 0 Å². The second-order valence-corrected chi connectivity index (χ2v) is 7.52. The number of benzene rings is 1. The Kier molecular flexibility index (Phi) is 4.52. The van der Waals surface area contributed by atoms with E-state index in [9.17, 15) is 5.11 Å². The normalized spacial score (nSPS) is 20.7. The van der Waals surface area contributed by atoms with Crippen molar-refractivity contribution in [3.8, 4) is 33.9 Å². The molecule has 0 aliphatic carbocycles. The van der Waals surface area contributed by atoms with Crippen molar-refractivity contribution in [2.45, 2.75) is 19.4 Å². The van der Waals surface area contributed by atoms with Crippen molar-refractivity contribution in [2.24, 2.45) is 5.92 Å². The summed E-state index contributed by atoms with van der Waals surface area (Å²) in [5, 5.41) is 10.0. The lowest BCUT2D eigenvalue weighted by molar-refractivity contribution is 0.0966. The zero-order valence-electron chi connectivity index (χ0n) is 16.2. The molecule has 7 heteroatoms. The van der Waals surface area contributed by atoms with Crippen LogP contribution in [0.2, 0.25) is 0 Å². The first-order chi connectivity index (χ1) is 14.2. The summed E-state index contributed by atoms with van der Waals surface area (Å²) in [6.45, 7) is 3.76. The molecule has 5 rings (SSSR count). The van der Waals surface area contributed by atoms with Crippen molar-refractivity contribution >= 4 is 5.95 Å². The molecule has 1 N–H and O–H groups in total. The predicted octanol–water partition coefficient (Wildman–Crippen LogP) is 3.14. The molecule has 1 saturated heterocycles. The number of anilines is 1. The van der Waals surface area contributed by atoms with E-state index in [0.29, 0.717) is 5.95 Å². The lowest BCUT2D eigenvalue weighted by atomic mass is 9.97. The Morgan fingerprint density at radius 1 is 1.10 bits per heavy atom. The van der Waals surface area contributed by atoms with Gasteiger partial charge in [0.25, 0.3) is 0 Å². The van der Waals surface area contributed by atoms with Crippen molar-refractivity contribution in [3.63, 3.8) is 0 Å². The van der Waals surface area contributed by atoms with Crippen LogP contribution >= 0.6 is 0 Å². The van der Waals surface area contributed by atoms with Gasteiger partial charge >= 0.3 is 0 Å². The minimum Gasteiger partial charge on any atom is -0.454 e. The summed E-state index contributed by atoms with van der Waals surface area (Å²) in [6, 6.07) is 9.76. The van der Waals surface area contributed by atoms with Crippen molar-refractivity contribution in [2.75, 3.05) is 24.8 Å². The van der Waals surface area contributed by atoms with Gasteiger partial charge < -0.3 is 19.5 Å². The van der Waals surface area contributed by atoms with Crippen LogP contribution in [0.25, 0.3) is 22.4 Å². The summed E-state index contributed by atoms with van der Waals surface area (Å²) in [7, 11) is 0. The number of hydrogen-bond donors (Lipinski definition) is 1. The number of aliphatic hydroxyl groups is 1. The Labute approximate surface area is 169 Å². The maximum absolute atomic E-state index is 10.0. The summed E-state index contributed by atoms with van der Waals surface area (Å²) < 4.78 is 11.0. The lowest BCUT2D eigenvalue weighted by Crippen LogP contribution is -2.42. The average Bonchev–Trinajstić information content (AvgIpc) is 3.24. The van der Waals surface area contributed by atoms with Gasteiger partial charge in [-0.3, -0.25) is 4.98 Å². The zero-order valence-corrected chi connectivity index (χ0v) is 16.2. The number of pyridine rings is 1. The van der Waals surface area contributed by atoms with Crippen LogP contribution in [0, 0.1) is 5.92 Å². The fourth-order valence-corrected chi connectivity index (χ4v) is 3.84. The molecule has 2 unspecified atom stereocenters. The molecular weight excluding hydrogens is 368 g/mol. The molecule has 2 atom stereocenters. The largest absolute Gasteiger partial charge is 0.454 e. The maximum atomic E-state index is 10.0. The third-order valence-corrected chi connectivity index (χ3v) is 5.54. The molecule has 7 nitrogen and oxygen atoms in total. The Balaban J connectivity index is 1.58. The summed E-state index contributed by atoms with van der Waals surface area (Å²) in [5.41, 5.74) is 3.61. The molecule has 0 amide bonds. The number of fused-ring (bicyclic) bond motifs is 1. The molecule has 3 aromatic rings. The topological polar surface area (TPSA) is 80.6 Å². The van der Waals surface area contributed by atoms with E-state index in [1.54, 1.807) is 6.20 Å². The van der Waals surface area contributed by atoms with E-state index in [2.05, 4.69) is 21.8 Å². The molecule has 2 aromatic heterocycles. The second-order valence-electron chi connectivity index (χ2n) is 7.52. The van der Waals surface area contributed by atoms with Crippen LogP contribution in [-0.2, 0) is 0 Å². The standard InChI is InChI=1S/C22H22N4O3/c1-14-12-26(8-6-18(14)27)22-24-11-17(21(25-22)16-3-2-7-23-10-16)15-4-5-19-20(9-15)29-13-28-19/h2-5,7,9-11,14,18,27H,6,8,12-13H2,1H3. The van der Waals surface area contributed by atoms with Crippen LogP contribution in [0.1, 0.15) is 13.3 Å². The molecule has 4 heterocycles. The SMILES string of the molecule is CC1CN(c2ncc(-c3ccc4c(c3)OCO4)c(-c3cccnc3)n2)CCC1O. The number of nitrogens with zero attached hydrogens (tertiary/aromatic N) is 4. The highest BCUT2D eigenvalue weighted by Crippen LogP contribution is 2.38. The fourth-order valence-electron chi connectivity index (χ4n) is 3.84. The first-order valence-electron chi connectivity index (χ1n) is 9.79. The van der Waals surface area contributed by atoms with E-state index in [1.807, 2.05) is 42.7 Å². The number of ether oxygens (including phenoxy) is 2. The van der Waals surface area contributed by atoms with Crippen LogP contribution in [0.4, 0.5) is 5.95 Å². The molecule has 0 spiro atoms. The number of hydrogen-bond acceptors (Lipinski definition) is 7. The molecule has 2 aliphatic heterocycles. The summed E-state index contributed by atoms with van der Waals surface area (Å²) in [4.78, 5) is 16.0. The van der Waals surface area contributed by atoms with Gasteiger partial charge in [0, 0.05) is 42.8 Å². The van der Waals surface area contributed by atoms with Crippen LogP contribution in [0.3, 0.4) is 0 Å². The van der Waals surface area contributed by atoms with Gasteiger partial charge in [-0.2, -0.15) is 0 Å². The number of aromatic nitrogens is 3. The van der Waals surface area contributed by atoms with Gasteiger partial charge in [0.05, 0.1) is 11.8 Å². The Hall–Kier alpha value is -3.19. The Morgan fingerprint density at radius 2 is 2.00 bits per heavy atom. The van der Waals surface area contributed by atoms with Gasteiger partial charge in [-0.05, 0) is 42.2 Å². The van der Waals surface area contributed by atoms with Crippen LogP contribution in [-0.4, -0.2) is 46.0 Å². The summed E-state index contributed by atoms with van der Waals surface area (Å²) >= 11 is 0. The average molecular weight is 390 g/mol. The molecule has 1 fully saturated rings. The molecule has 148 valence electrons. The Morgan fingerprint density at radius 3 is 2.83 bits per heavy atom. The number of rotatable bonds is 3. The molecule has 0 radical (unpaired) electrons. The first kappa shape index (κ1) is 17.9. The smallest absolute Gasteiger partial charge is 0.231 e. The molecule has 2 aliphatic rings. The maximum Gasteiger partial charge on any atom is 0.231 e. The van der Waals surface area contributed by atoms with Crippen molar-refractivity contribution in [3.05, 3.63) is 48.9 Å². The molecule has 29 heavy (non-hydrogen) atoms. The van der Waals surface area contributed by atoms with Crippen molar-refractivity contribution < 1.29 is 14.6 Å². The van der Waals surface area contributed by atoms with Gasteiger partial charge in [-0.1, -0.05) is 13.0 Å². The van der Waals surface area contributed by atoms with Gasteiger partial charge in [-0.25, -0.2) is 9.97 Å². The van der Waals surface area contributed by atoms with E-state index in [0.717, 1.165) is 53.4 Å². The summed E-state index contributed by atoms with van der Waals surface area (Å²) in [6.07, 6.45) is 5.87. The van der Waals surface area contributed by atoms with Gasteiger partial charge in [0.15, 0.2) is 11.5 Å². The highest BCUT2D eigenvalue weighted by Gasteiger charge is 2.26. The van der Waals surface area contributed by atoms with Crippen LogP contribution < -0.4 is 14.4 Å². The second kappa shape index (κ2) is 7.33. The van der Waals surface area contributed by atoms with Crippen LogP contribution in [0.5, 0.6) is 11.5 Å². The van der Waals surface area contributed by atoms with Gasteiger partial charge in [-0.15, -0.1) is 0 Å². The highest BCUT2D eigenvalue weighted by atomic mass is 16.7. The molecule has 0 bridgehead atoms. The van der Waals surface area contributed by atoms with Crippen molar-refractivity contribution in [1.82, 2.24) is 15.0 Å². The van der Waals surface area contributed by atoms with E-state index < -0.39 is 0 Å². The number of aliphatic hydroxyl groups excluding tert-OH is 1. The van der Waals surface area contributed by atoms with E-state index in [-0.39, 0.29) is 18.8 Å². The van der Waals surface area contributed by atoms with E-state index in [1.165, 1.54) is 0 Å². The first-order valence-corrected chi connectivity index (χ1v) is 9.79. The predicted molar refractivity (Wildman–Crippen MR) is 109 cm³/mol. The lowest BCUT2D eigenvalue weighted by Gasteiger charge is -2.34. The highest BCUT2D eigenvalue weighted by molar-refractivity contribution is 5.81. The summed E-state index contributed by atoms with van der Waals surface area (Å²) in [5.74, 6) is 2.33. The monoisotopic (exact) mass is 390 g/mol. The minimum absolute atomic E-state index is 0.183. The molecule has 1 aromatic carbocycles. The fraction of sp³-hybridized carbons (Fsp3) is 0.318. The molecule has 0 saturated carbocycles. The third-order valence-electron chi connectivity index (χ3n) is 5.54. The zero-order chi connectivity index (χ0) is 19.8. The Bertz CT molecular complexity index is 1030. The van der Waals surface area contributed by atoms with Crippen molar-refractivity contribution in [1.29, 1.82) is 0 Å². The minimum atomic E-state index is -0.267. The van der Waals surface area contributed by atoms with Gasteiger partial charge in [0.2, 0.25) is 12.7 Å². The quantitative estimate of drug-likeness (QED) is 0.736. The number of piperidine rings is 1. The molecular formula is C22H22N4O3.